The van der Waals surface area contributed by atoms with Crippen LogP contribution in [0.15, 0.2) is 22.7 Å². The van der Waals surface area contributed by atoms with Crippen LogP contribution in [-0.2, 0) is 11.3 Å². The van der Waals surface area contributed by atoms with E-state index in [1.54, 1.807) is 0 Å². The third-order valence-corrected chi connectivity index (χ3v) is 3.39. The van der Waals surface area contributed by atoms with Crippen molar-refractivity contribution in [2.45, 2.75) is 19.4 Å². The summed E-state index contributed by atoms with van der Waals surface area (Å²) in [5.41, 5.74) is 1.01. The summed E-state index contributed by atoms with van der Waals surface area (Å²) < 4.78 is 0.962. The Morgan fingerprint density at radius 3 is 2.87 bits per heavy atom. The average molecular weight is 289 g/mol. The van der Waals surface area contributed by atoms with Crippen molar-refractivity contribution in [1.29, 1.82) is 0 Å². The molecule has 15 heavy (non-hydrogen) atoms. The van der Waals surface area contributed by atoms with Crippen molar-refractivity contribution < 1.29 is 4.79 Å². The lowest BCUT2D eigenvalue weighted by Crippen LogP contribution is -2.23. The number of halogens is 2. The van der Waals surface area contributed by atoms with Crippen molar-refractivity contribution >= 4 is 33.4 Å². The fraction of sp³-hybridized carbons (Fsp3) is 0.364. The number of hydrogen-bond acceptors (Lipinski definition) is 1. The van der Waals surface area contributed by atoms with E-state index in [0.717, 1.165) is 23.0 Å². The molecule has 0 N–H and O–H groups in total. The fourth-order valence-electron chi connectivity index (χ4n) is 1.73. The summed E-state index contributed by atoms with van der Waals surface area (Å²) >= 11 is 9.44. The smallest absolute Gasteiger partial charge is 0.222 e. The molecule has 1 amide bonds. The first-order valence-electron chi connectivity index (χ1n) is 4.88. The number of carbonyl (C=O) groups is 1. The maximum absolute atomic E-state index is 11.4. The second kappa shape index (κ2) is 4.54. The fourth-order valence-corrected chi connectivity index (χ4v) is 2.46. The van der Waals surface area contributed by atoms with Gasteiger partial charge in [0.15, 0.2) is 0 Å². The van der Waals surface area contributed by atoms with Crippen LogP contribution in [0.25, 0.3) is 0 Å². The second-order valence-corrected chi connectivity index (χ2v) is 4.98. The monoisotopic (exact) mass is 287 g/mol. The molecule has 1 aliphatic heterocycles. The van der Waals surface area contributed by atoms with Gasteiger partial charge in [-0.1, -0.05) is 33.6 Å². The second-order valence-electron chi connectivity index (χ2n) is 3.65. The van der Waals surface area contributed by atoms with Crippen LogP contribution in [0.3, 0.4) is 0 Å². The van der Waals surface area contributed by atoms with Crippen molar-refractivity contribution in [3.63, 3.8) is 0 Å². The summed E-state index contributed by atoms with van der Waals surface area (Å²) in [7, 11) is 0. The summed E-state index contributed by atoms with van der Waals surface area (Å²) in [6.45, 7) is 1.48. The Balaban J connectivity index is 2.13. The molecule has 1 aromatic carbocycles. The van der Waals surface area contributed by atoms with E-state index in [-0.39, 0.29) is 5.91 Å². The molecule has 0 atom stereocenters. The number of likely N-dealkylation sites (tertiary alicyclic amines) is 1. The van der Waals surface area contributed by atoms with Gasteiger partial charge in [-0.2, -0.15) is 0 Å². The van der Waals surface area contributed by atoms with Gasteiger partial charge in [0.1, 0.15) is 0 Å². The maximum Gasteiger partial charge on any atom is 0.222 e. The van der Waals surface area contributed by atoms with E-state index in [0.29, 0.717) is 18.0 Å². The Hall–Kier alpha value is -0.540. The van der Waals surface area contributed by atoms with Gasteiger partial charge in [-0.05, 0) is 24.1 Å². The highest BCUT2D eigenvalue weighted by atomic mass is 79.9. The first-order chi connectivity index (χ1) is 7.16. The first kappa shape index (κ1) is 11.0. The molecule has 1 saturated heterocycles. The van der Waals surface area contributed by atoms with E-state index in [2.05, 4.69) is 15.9 Å². The van der Waals surface area contributed by atoms with Crippen LogP contribution in [0.4, 0.5) is 0 Å². The van der Waals surface area contributed by atoms with E-state index in [1.165, 1.54) is 0 Å². The number of carbonyl (C=O) groups excluding carboxylic acids is 1. The predicted octanol–water partition coefficient (Wildman–Crippen LogP) is 3.22. The van der Waals surface area contributed by atoms with Gasteiger partial charge >= 0.3 is 0 Å². The van der Waals surface area contributed by atoms with Crippen LogP contribution < -0.4 is 0 Å². The van der Waals surface area contributed by atoms with Gasteiger partial charge in [-0.3, -0.25) is 4.79 Å². The SMILES string of the molecule is O=C1CCCN1Cc1ccc(Br)cc1Cl. The van der Waals surface area contributed by atoms with E-state index in [1.807, 2.05) is 23.1 Å². The lowest BCUT2D eigenvalue weighted by atomic mass is 10.2. The third-order valence-electron chi connectivity index (χ3n) is 2.55. The Morgan fingerprint density at radius 1 is 1.47 bits per heavy atom. The molecule has 0 unspecified atom stereocenters. The Bertz CT molecular complexity index is 394. The van der Waals surface area contributed by atoms with Gasteiger partial charge in [0, 0.05) is 29.0 Å². The van der Waals surface area contributed by atoms with Crippen molar-refractivity contribution in [3.8, 4) is 0 Å². The minimum atomic E-state index is 0.231. The summed E-state index contributed by atoms with van der Waals surface area (Å²) in [6, 6.07) is 5.76. The largest absolute Gasteiger partial charge is 0.338 e. The summed E-state index contributed by atoms with van der Waals surface area (Å²) in [5.74, 6) is 0.231. The van der Waals surface area contributed by atoms with Crippen molar-refractivity contribution in [3.05, 3.63) is 33.3 Å². The quantitative estimate of drug-likeness (QED) is 0.818. The number of rotatable bonds is 2. The van der Waals surface area contributed by atoms with E-state index in [9.17, 15) is 4.79 Å². The number of amides is 1. The molecule has 0 aliphatic carbocycles. The molecule has 0 bridgehead atoms. The standard InChI is InChI=1S/C11H11BrClNO/c12-9-4-3-8(10(13)6-9)7-14-5-1-2-11(14)15/h3-4,6H,1-2,5,7H2. The lowest BCUT2D eigenvalue weighted by Gasteiger charge is -2.16. The minimum absolute atomic E-state index is 0.231. The van der Waals surface area contributed by atoms with Crippen LogP contribution >= 0.6 is 27.5 Å². The number of hydrogen-bond donors (Lipinski definition) is 0. The molecule has 4 heteroatoms. The highest BCUT2D eigenvalue weighted by Gasteiger charge is 2.20. The Morgan fingerprint density at radius 2 is 2.27 bits per heavy atom. The van der Waals surface area contributed by atoms with Crippen LogP contribution in [0.2, 0.25) is 5.02 Å². The maximum atomic E-state index is 11.4. The van der Waals surface area contributed by atoms with Gasteiger partial charge in [-0.15, -0.1) is 0 Å². The van der Waals surface area contributed by atoms with Crippen molar-refractivity contribution in [2.24, 2.45) is 0 Å². The van der Waals surface area contributed by atoms with Crippen molar-refractivity contribution in [1.82, 2.24) is 4.90 Å². The molecule has 80 valence electrons. The molecule has 2 nitrogen and oxygen atoms in total. The molecule has 1 heterocycles. The normalized spacial score (nSPS) is 16.1. The summed E-state index contributed by atoms with van der Waals surface area (Å²) in [5, 5.41) is 0.712. The number of benzene rings is 1. The third kappa shape index (κ3) is 2.52. The highest BCUT2D eigenvalue weighted by Crippen LogP contribution is 2.24. The molecule has 1 aromatic rings. The van der Waals surface area contributed by atoms with E-state index >= 15 is 0 Å². The molecule has 1 fully saturated rings. The summed E-state index contributed by atoms with van der Waals surface area (Å²) in [6.07, 6.45) is 1.64. The molecule has 0 saturated carbocycles. The summed E-state index contributed by atoms with van der Waals surface area (Å²) in [4.78, 5) is 13.3. The Kier molecular flexibility index (Phi) is 3.32. The van der Waals surface area contributed by atoms with Crippen LogP contribution in [0.5, 0.6) is 0 Å². The van der Waals surface area contributed by atoms with Crippen molar-refractivity contribution in [2.75, 3.05) is 6.54 Å². The molecule has 0 aromatic heterocycles. The first-order valence-corrected chi connectivity index (χ1v) is 6.05. The molecule has 0 spiro atoms. The molecular weight excluding hydrogens is 277 g/mol. The zero-order chi connectivity index (χ0) is 10.8. The zero-order valence-corrected chi connectivity index (χ0v) is 10.5. The zero-order valence-electron chi connectivity index (χ0n) is 8.17. The van der Waals surface area contributed by atoms with Crippen LogP contribution in [0, 0.1) is 0 Å². The van der Waals surface area contributed by atoms with Gasteiger partial charge in [0.05, 0.1) is 0 Å². The van der Waals surface area contributed by atoms with Crippen LogP contribution in [-0.4, -0.2) is 17.4 Å². The van der Waals surface area contributed by atoms with Gasteiger partial charge in [0.2, 0.25) is 5.91 Å². The molecule has 0 radical (unpaired) electrons. The topological polar surface area (TPSA) is 20.3 Å². The van der Waals surface area contributed by atoms with Gasteiger partial charge in [0.25, 0.3) is 0 Å². The average Bonchev–Trinajstić information content (AvgIpc) is 2.57. The predicted molar refractivity (Wildman–Crippen MR) is 63.8 cm³/mol. The van der Waals surface area contributed by atoms with Gasteiger partial charge < -0.3 is 4.90 Å². The minimum Gasteiger partial charge on any atom is -0.338 e. The molecular formula is C11H11BrClNO. The lowest BCUT2D eigenvalue weighted by molar-refractivity contribution is -0.128. The van der Waals surface area contributed by atoms with Crippen LogP contribution in [0.1, 0.15) is 18.4 Å². The molecule has 2 rings (SSSR count). The number of nitrogens with zero attached hydrogens (tertiary/aromatic N) is 1. The van der Waals surface area contributed by atoms with E-state index in [4.69, 9.17) is 11.6 Å². The highest BCUT2D eigenvalue weighted by molar-refractivity contribution is 9.10. The van der Waals surface area contributed by atoms with E-state index < -0.39 is 0 Å². The van der Waals surface area contributed by atoms with Gasteiger partial charge in [-0.25, -0.2) is 0 Å². The Labute approximate surface area is 102 Å². The molecule has 1 aliphatic rings.